The van der Waals surface area contributed by atoms with Crippen LogP contribution in [0.25, 0.3) is 5.65 Å². The number of carbonyl (C=O) groups excluding carboxylic acids is 3. The van der Waals surface area contributed by atoms with Crippen LogP contribution in [0.3, 0.4) is 0 Å². The first-order valence-corrected chi connectivity index (χ1v) is 8.90. The molecule has 3 rings (SSSR count). The molecule has 0 unspecified atom stereocenters. The molecule has 0 N–H and O–H groups in total. The highest BCUT2D eigenvalue weighted by molar-refractivity contribution is 6.30. The standard InChI is InChI=1S/C17H20ClN5O5/c1-17(2,3)28-15(25)21(4)13-7-12(18)20-14-10(8-19-23(13)14)11(24)9-22-5-6-27-16(22)26/h7-8H,5-6,9H2,1-4H3. The number of ether oxygens (including phenoxy) is 2. The average Bonchev–Trinajstić information content (AvgIpc) is 3.18. The molecular formula is C17H20ClN5O5. The van der Waals surface area contributed by atoms with Crippen LogP contribution in [-0.2, 0) is 9.47 Å². The monoisotopic (exact) mass is 409 g/mol. The molecule has 2 aromatic heterocycles. The second-order valence-electron chi connectivity index (χ2n) is 7.23. The Morgan fingerprint density at radius 2 is 2.11 bits per heavy atom. The Hall–Kier alpha value is -2.88. The third kappa shape index (κ3) is 4.01. The Bertz CT molecular complexity index is 951. The van der Waals surface area contributed by atoms with Crippen molar-refractivity contribution >= 4 is 41.0 Å². The van der Waals surface area contributed by atoms with Crippen molar-refractivity contribution < 1.29 is 23.9 Å². The van der Waals surface area contributed by atoms with E-state index in [1.165, 1.54) is 33.6 Å². The van der Waals surface area contributed by atoms with Gasteiger partial charge >= 0.3 is 12.2 Å². The second kappa shape index (κ2) is 7.27. The first-order chi connectivity index (χ1) is 13.1. The van der Waals surface area contributed by atoms with Crippen molar-refractivity contribution in [3.8, 4) is 0 Å². The SMILES string of the molecule is CN(C(=O)OC(C)(C)C)c1cc(Cl)nc2c(C(=O)CN3CCOC3=O)cnn12. The van der Waals surface area contributed by atoms with Crippen LogP contribution in [0, 0.1) is 0 Å². The first kappa shape index (κ1) is 19.9. The zero-order valence-electron chi connectivity index (χ0n) is 15.9. The summed E-state index contributed by atoms with van der Waals surface area (Å²) in [6.45, 7) is 5.68. The predicted octanol–water partition coefficient (Wildman–Crippen LogP) is 2.39. The van der Waals surface area contributed by atoms with Crippen molar-refractivity contribution in [3.63, 3.8) is 0 Å². The lowest BCUT2D eigenvalue weighted by Gasteiger charge is -2.24. The highest BCUT2D eigenvalue weighted by atomic mass is 35.5. The van der Waals surface area contributed by atoms with Gasteiger partial charge in [-0.1, -0.05) is 11.6 Å². The highest BCUT2D eigenvalue weighted by Gasteiger charge is 2.28. The normalized spacial score (nSPS) is 14.3. The van der Waals surface area contributed by atoms with Crippen LogP contribution in [0.15, 0.2) is 12.3 Å². The van der Waals surface area contributed by atoms with Crippen LogP contribution in [0.1, 0.15) is 31.1 Å². The van der Waals surface area contributed by atoms with E-state index in [9.17, 15) is 14.4 Å². The van der Waals surface area contributed by atoms with Gasteiger partial charge in [0.15, 0.2) is 11.4 Å². The number of fused-ring (bicyclic) bond motifs is 1. The number of ketones is 1. The summed E-state index contributed by atoms with van der Waals surface area (Å²) >= 11 is 6.11. The van der Waals surface area contributed by atoms with Crippen molar-refractivity contribution in [1.82, 2.24) is 19.5 Å². The molecular weight excluding hydrogens is 390 g/mol. The summed E-state index contributed by atoms with van der Waals surface area (Å²) in [4.78, 5) is 43.3. The summed E-state index contributed by atoms with van der Waals surface area (Å²) in [5.74, 6) is -0.0848. The number of amides is 2. The summed E-state index contributed by atoms with van der Waals surface area (Å²) in [5.41, 5.74) is -0.326. The van der Waals surface area contributed by atoms with E-state index in [0.717, 1.165) is 0 Å². The van der Waals surface area contributed by atoms with E-state index in [-0.39, 0.29) is 41.1 Å². The van der Waals surface area contributed by atoms with Crippen LogP contribution in [0.5, 0.6) is 0 Å². The predicted molar refractivity (Wildman–Crippen MR) is 99.9 cm³/mol. The zero-order chi connectivity index (χ0) is 20.6. The lowest BCUT2D eigenvalue weighted by Crippen LogP contribution is -2.35. The Morgan fingerprint density at radius 3 is 2.71 bits per heavy atom. The number of anilines is 1. The number of halogens is 1. The number of Topliss-reactive ketones (excluding diaryl/α,β-unsaturated/α-hetero) is 1. The molecule has 11 heteroatoms. The van der Waals surface area contributed by atoms with Gasteiger partial charge in [-0.25, -0.2) is 14.6 Å². The molecule has 0 aliphatic carbocycles. The molecule has 1 saturated heterocycles. The van der Waals surface area contributed by atoms with Gasteiger partial charge in [0.1, 0.15) is 23.2 Å². The largest absolute Gasteiger partial charge is 0.448 e. The number of hydrogen-bond donors (Lipinski definition) is 0. The fourth-order valence-electron chi connectivity index (χ4n) is 2.61. The van der Waals surface area contributed by atoms with Gasteiger partial charge in [0.05, 0.1) is 24.8 Å². The molecule has 2 amide bonds. The van der Waals surface area contributed by atoms with Crippen LogP contribution < -0.4 is 4.90 Å². The minimum absolute atomic E-state index is 0.0769. The van der Waals surface area contributed by atoms with E-state index in [4.69, 9.17) is 21.1 Å². The fourth-order valence-corrected chi connectivity index (χ4v) is 2.78. The number of nitrogens with zero attached hydrogens (tertiary/aromatic N) is 5. The molecule has 0 saturated carbocycles. The van der Waals surface area contributed by atoms with Crippen LogP contribution in [0.4, 0.5) is 15.4 Å². The van der Waals surface area contributed by atoms with Crippen molar-refractivity contribution in [2.24, 2.45) is 0 Å². The van der Waals surface area contributed by atoms with Crippen molar-refractivity contribution in [2.75, 3.05) is 31.6 Å². The summed E-state index contributed by atoms with van der Waals surface area (Å²) < 4.78 is 11.5. The molecule has 1 fully saturated rings. The van der Waals surface area contributed by atoms with E-state index in [2.05, 4.69) is 10.1 Å². The first-order valence-electron chi connectivity index (χ1n) is 8.53. The molecule has 150 valence electrons. The van der Waals surface area contributed by atoms with Crippen LogP contribution >= 0.6 is 11.6 Å². The van der Waals surface area contributed by atoms with Crippen molar-refractivity contribution in [3.05, 3.63) is 23.0 Å². The third-order valence-electron chi connectivity index (χ3n) is 3.91. The molecule has 28 heavy (non-hydrogen) atoms. The smallest absolute Gasteiger partial charge is 0.415 e. The Balaban J connectivity index is 1.93. The van der Waals surface area contributed by atoms with E-state index >= 15 is 0 Å². The number of rotatable bonds is 4. The Labute approximate surface area is 166 Å². The van der Waals surface area contributed by atoms with Crippen LogP contribution in [-0.4, -0.2) is 69.8 Å². The molecule has 1 aliphatic heterocycles. The van der Waals surface area contributed by atoms with Crippen molar-refractivity contribution in [1.29, 1.82) is 0 Å². The summed E-state index contributed by atoms with van der Waals surface area (Å²) in [6.07, 6.45) is 0.176. The Kier molecular flexibility index (Phi) is 5.16. The minimum atomic E-state index is -0.684. The van der Waals surface area contributed by atoms with E-state index in [0.29, 0.717) is 6.54 Å². The average molecular weight is 410 g/mol. The van der Waals surface area contributed by atoms with Gasteiger partial charge in [0.2, 0.25) is 0 Å². The number of carbonyl (C=O) groups is 3. The second-order valence-corrected chi connectivity index (χ2v) is 7.62. The van der Waals surface area contributed by atoms with Crippen LogP contribution in [0.2, 0.25) is 5.15 Å². The highest BCUT2D eigenvalue weighted by Crippen LogP contribution is 2.23. The van der Waals surface area contributed by atoms with Gasteiger partial charge in [-0.2, -0.15) is 9.61 Å². The molecule has 0 aromatic carbocycles. The maximum Gasteiger partial charge on any atom is 0.415 e. The number of hydrogen-bond acceptors (Lipinski definition) is 7. The molecule has 3 heterocycles. The molecule has 10 nitrogen and oxygen atoms in total. The molecule has 1 aliphatic rings. The molecule has 0 atom stereocenters. The van der Waals surface area contributed by atoms with Gasteiger partial charge in [-0.15, -0.1) is 0 Å². The molecule has 0 spiro atoms. The van der Waals surface area contributed by atoms with Gasteiger partial charge < -0.3 is 9.47 Å². The summed E-state index contributed by atoms with van der Waals surface area (Å²) in [6, 6.07) is 1.44. The minimum Gasteiger partial charge on any atom is -0.448 e. The van der Waals surface area contributed by atoms with Gasteiger partial charge in [0, 0.05) is 13.1 Å². The van der Waals surface area contributed by atoms with Gasteiger partial charge in [-0.05, 0) is 20.8 Å². The lowest BCUT2D eigenvalue weighted by atomic mass is 10.2. The summed E-state index contributed by atoms with van der Waals surface area (Å²) in [7, 11) is 1.50. The van der Waals surface area contributed by atoms with E-state index < -0.39 is 17.8 Å². The maximum absolute atomic E-state index is 12.6. The fraction of sp³-hybridized carbons (Fsp3) is 0.471. The lowest BCUT2D eigenvalue weighted by molar-refractivity contribution is 0.0587. The Morgan fingerprint density at radius 1 is 1.39 bits per heavy atom. The number of cyclic esters (lactones) is 1. The summed E-state index contributed by atoms with van der Waals surface area (Å²) in [5, 5.41) is 4.24. The zero-order valence-corrected chi connectivity index (χ0v) is 16.7. The third-order valence-corrected chi connectivity index (χ3v) is 4.11. The molecule has 0 radical (unpaired) electrons. The van der Waals surface area contributed by atoms with E-state index in [1.54, 1.807) is 20.8 Å². The van der Waals surface area contributed by atoms with E-state index in [1.807, 2.05) is 0 Å². The maximum atomic E-state index is 12.6. The molecule has 0 bridgehead atoms. The van der Waals surface area contributed by atoms with Crippen molar-refractivity contribution in [2.45, 2.75) is 26.4 Å². The van der Waals surface area contributed by atoms with Gasteiger partial charge in [0.25, 0.3) is 0 Å². The van der Waals surface area contributed by atoms with Gasteiger partial charge in [-0.3, -0.25) is 14.6 Å². The number of aromatic nitrogens is 3. The topological polar surface area (TPSA) is 106 Å². The molecule has 2 aromatic rings. The quantitative estimate of drug-likeness (QED) is 0.563.